The molecule has 2 unspecified atom stereocenters. The van der Waals surface area contributed by atoms with Gasteiger partial charge in [-0.2, -0.15) is 0 Å². The van der Waals surface area contributed by atoms with Crippen molar-refractivity contribution in [3.05, 3.63) is 0 Å². The molecule has 1 nitrogen and oxygen atoms in total. The molecule has 0 aromatic heterocycles. The summed E-state index contributed by atoms with van der Waals surface area (Å²) < 4.78 is 5.60. The first-order valence-corrected chi connectivity index (χ1v) is 16.9. The van der Waals surface area contributed by atoms with Crippen molar-refractivity contribution < 1.29 is 4.79 Å². The van der Waals surface area contributed by atoms with Gasteiger partial charge in [0.05, 0.1) is 0 Å². The van der Waals surface area contributed by atoms with Crippen molar-refractivity contribution in [2.24, 2.45) is 5.92 Å². The van der Waals surface area contributed by atoms with E-state index in [1.54, 1.807) is 13.3 Å². The third-order valence-electron chi connectivity index (χ3n) is 5.62. The van der Waals surface area contributed by atoms with E-state index in [1.165, 1.54) is 64.1 Å². The summed E-state index contributed by atoms with van der Waals surface area (Å²) >= 11 is -2.12. The molecule has 118 valence electrons. The predicted octanol–water partition coefficient (Wildman–Crippen LogP) is 6.20. The van der Waals surface area contributed by atoms with Gasteiger partial charge in [-0.3, -0.25) is 0 Å². The van der Waals surface area contributed by atoms with Crippen molar-refractivity contribution in [3.8, 4) is 0 Å². The Morgan fingerprint density at radius 1 is 0.900 bits per heavy atom. The van der Waals surface area contributed by atoms with Gasteiger partial charge in [0.15, 0.2) is 0 Å². The maximum atomic E-state index is 11.5. The van der Waals surface area contributed by atoms with Crippen LogP contribution in [0, 0.1) is 5.92 Å². The van der Waals surface area contributed by atoms with E-state index in [1.807, 2.05) is 0 Å². The molecule has 2 heteroatoms. The number of hydrogen-bond donors (Lipinski definition) is 0. The molecule has 1 aliphatic rings. The molecule has 0 aromatic rings. The van der Waals surface area contributed by atoms with Crippen LogP contribution in [0.4, 0.5) is 0 Å². The molecule has 20 heavy (non-hydrogen) atoms. The van der Waals surface area contributed by atoms with Crippen LogP contribution in [-0.2, 0) is 4.79 Å². The molecule has 1 fully saturated rings. The van der Waals surface area contributed by atoms with E-state index < -0.39 is 18.4 Å². The quantitative estimate of drug-likeness (QED) is 0.305. The molecule has 0 amide bonds. The number of hydrogen-bond acceptors (Lipinski definition) is 1. The van der Waals surface area contributed by atoms with Crippen molar-refractivity contribution in [1.82, 2.24) is 0 Å². The zero-order valence-electron chi connectivity index (χ0n) is 14.1. The zero-order valence-corrected chi connectivity index (χ0v) is 17.0. The van der Waals surface area contributed by atoms with Crippen LogP contribution in [-0.4, -0.2) is 24.7 Å². The van der Waals surface area contributed by atoms with Gasteiger partial charge in [-0.15, -0.1) is 0 Å². The Morgan fingerprint density at radius 2 is 1.40 bits per heavy atom. The molecule has 1 saturated carbocycles. The first kappa shape index (κ1) is 18.5. The molecule has 0 heterocycles. The molecule has 1 rings (SSSR count). The number of aldehydes is 1. The second kappa shape index (κ2) is 10.2. The Hall–Kier alpha value is 0.469. The van der Waals surface area contributed by atoms with Crippen LogP contribution < -0.4 is 0 Å². The van der Waals surface area contributed by atoms with Gasteiger partial charge in [-0.1, -0.05) is 0 Å². The van der Waals surface area contributed by atoms with E-state index in [9.17, 15) is 4.79 Å². The van der Waals surface area contributed by atoms with Gasteiger partial charge >= 0.3 is 131 Å². The third kappa shape index (κ3) is 5.03. The third-order valence-corrected chi connectivity index (χ3v) is 23.7. The summed E-state index contributed by atoms with van der Waals surface area (Å²) in [6, 6.07) is 0. The van der Waals surface area contributed by atoms with Crippen molar-refractivity contribution in [1.29, 1.82) is 0 Å². The standard InChI is InChI=1S/C6H9O.3C4H9.Sn/c7-5-6-3-1-2-4-6;3*1-3-4-2;/h3,5-6H,1-2,4H2;3*1,3-4H2,2H3;. The van der Waals surface area contributed by atoms with Gasteiger partial charge < -0.3 is 0 Å². The second-order valence-corrected chi connectivity index (χ2v) is 21.2. The molecular weight excluding hydrogens is 351 g/mol. The Bertz CT molecular complexity index is 242. The van der Waals surface area contributed by atoms with E-state index in [0.717, 1.165) is 3.93 Å². The molecular formula is C18H36OSn. The van der Waals surface area contributed by atoms with Crippen LogP contribution in [0.15, 0.2) is 0 Å². The van der Waals surface area contributed by atoms with Gasteiger partial charge in [0.2, 0.25) is 0 Å². The Labute approximate surface area is 131 Å². The fourth-order valence-corrected chi connectivity index (χ4v) is 24.4. The molecule has 0 aliphatic heterocycles. The van der Waals surface area contributed by atoms with E-state index in [-0.39, 0.29) is 0 Å². The molecule has 0 saturated heterocycles. The zero-order chi connectivity index (χ0) is 14.8. The summed E-state index contributed by atoms with van der Waals surface area (Å²) in [5.74, 6) is 0.455. The molecule has 0 radical (unpaired) electrons. The average molecular weight is 387 g/mol. The summed E-state index contributed by atoms with van der Waals surface area (Å²) in [5, 5.41) is 0. The first-order valence-electron chi connectivity index (χ1n) is 9.19. The van der Waals surface area contributed by atoms with Gasteiger partial charge in [0, 0.05) is 0 Å². The minimum atomic E-state index is -2.12. The Morgan fingerprint density at radius 3 is 1.80 bits per heavy atom. The average Bonchev–Trinajstić information content (AvgIpc) is 2.96. The molecule has 0 aromatic carbocycles. The Kier molecular flexibility index (Phi) is 9.48. The predicted molar refractivity (Wildman–Crippen MR) is 92.1 cm³/mol. The normalized spacial score (nSPS) is 23.1. The summed E-state index contributed by atoms with van der Waals surface area (Å²) in [6.07, 6.45) is 13.6. The molecule has 1 aliphatic carbocycles. The van der Waals surface area contributed by atoms with E-state index in [2.05, 4.69) is 20.8 Å². The van der Waals surface area contributed by atoms with Crippen molar-refractivity contribution >= 4 is 24.7 Å². The number of carbonyl (C=O) groups excluding carboxylic acids is 1. The van der Waals surface area contributed by atoms with Crippen LogP contribution in [0.1, 0.15) is 78.6 Å². The topological polar surface area (TPSA) is 17.1 Å². The van der Waals surface area contributed by atoms with E-state index in [4.69, 9.17) is 0 Å². The molecule has 0 N–H and O–H groups in total. The molecule has 2 atom stereocenters. The van der Waals surface area contributed by atoms with Crippen LogP contribution >= 0.6 is 0 Å². The van der Waals surface area contributed by atoms with Crippen molar-refractivity contribution in [3.63, 3.8) is 0 Å². The SMILES string of the molecule is CCC[CH2][Sn]([CH2]CCC)([CH2]CCC)[CH]1CCCC1C=O. The first-order chi connectivity index (χ1) is 9.74. The van der Waals surface area contributed by atoms with Gasteiger partial charge in [0.1, 0.15) is 0 Å². The van der Waals surface area contributed by atoms with Crippen LogP contribution in [0.2, 0.25) is 17.2 Å². The minimum absolute atomic E-state index is 0.455. The van der Waals surface area contributed by atoms with E-state index >= 15 is 0 Å². The Balaban J connectivity index is 2.88. The molecule has 0 bridgehead atoms. The fourth-order valence-electron chi connectivity index (χ4n) is 4.43. The van der Waals surface area contributed by atoms with Crippen LogP contribution in [0.5, 0.6) is 0 Å². The monoisotopic (exact) mass is 388 g/mol. The summed E-state index contributed by atoms with van der Waals surface area (Å²) in [7, 11) is 0. The summed E-state index contributed by atoms with van der Waals surface area (Å²) in [5.41, 5.74) is 0. The fraction of sp³-hybridized carbons (Fsp3) is 0.944. The maximum absolute atomic E-state index is 11.5. The van der Waals surface area contributed by atoms with E-state index in [0.29, 0.717) is 5.92 Å². The van der Waals surface area contributed by atoms with Crippen molar-refractivity contribution in [2.45, 2.75) is 95.8 Å². The van der Waals surface area contributed by atoms with Crippen LogP contribution in [0.25, 0.3) is 0 Å². The second-order valence-electron chi connectivity index (χ2n) is 7.01. The summed E-state index contributed by atoms with van der Waals surface area (Å²) in [6.45, 7) is 7.01. The number of unbranched alkanes of at least 4 members (excludes halogenated alkanes) is 3. The molecule has 0 spiro atoms. The van der Waals surface area contributed by atoms with Crippen molar-refractivity contribution in [2.75, 3.05) is 0 Å². The van der Waals surface area contributed by atoms with Gasteiger partial charge in [-0.25, -0.2) is 0 Å². The van der Waals surface area contributed by atoms with Gasteiger partial charge in [-0.05, 0) is 0 Å². The summed E-state index contributed by atoms with van der Waals surface area (Å²) in [4.78, 5) is 11.5. The number of carbonyl (C=O) groups is 1. The van der Waals surface area contributed by atoms with Crippen LogP contribution in [0.3, 0.4) is 0 Å². The van der Waals surface area contributed by atoms with Gasteiger partial charge in [0.25, 0.3) is 0 Å². The number of rotatable bonds is 11.